The summed E-state index contributed by atoms with van der Waals surface area (Å²) in [5, 5.41) is 29.7. The lowest BCUT2D eigenvalue weighted by molar-refractivity contribution is -0.386. The van der Waals surface area contributed by atoms with E-state index in [1.54, 1.807) is 0 Å². The van der Waals surface area contributed by atoms with Gasteiger partial charge in [-0.3, -0.25) is 14.7 Å². The maximum atomic E-state index is 11.9. The van der Waals surface area contributed by atoms with Gasteiger partial charge in [0.2, 0.25) is 7.37 Å². The van der Waals surface area contributed by atoms with Crippen LogP contribution in [0.1, 0.15) is 17.8 Å². The van der Waals surface area contributed by atoms with Crippen LogP contribution < -0.4 is 18.1 Å². The van der Waals surface area contributed by atoms with Crippen molar-refractivity contribution in [1.29, 1.82) is 0 Å². The molecule has 0 spiro atoms. The van der Waals surface area contributed by atoms with Crippen molar-refractivity contribution in [2.75, 3.05) is 12.7 Å². The molecule has 0 saturated carbocycles. The number of quaternary nitrogens is 1. The lowest BCUT2D eigenvalue weighted by Gasteiger charge is -2.18. The van der Waals surface area contributed by atoms with Crippen LogP contribution >= 0.6 is 7.37 Å². The van der Waals surface area contributed by atoms with Crippen LogP contribution in [-0.2, 0) is 14.2 Å². The molecule has 2 unspecified atom stereocenters. The number of carbonyl (C=O) groups excluding carboxylic acids is 2. The number of benzene rings is 1. The fourth-order valence-electron chi connectivity index (χ4n) is 1.54. The topological polar surface area (TPSA) is 183 Å². The van der Waals surface area contributed by atoms with E-state index < -0.39 is 29.6 Å². The second-order valence-corrected chi connectivity index (χ2v) is 6.60. The Balaban J connectivity index is 0. The summed E-state index contributed by atoms with van der Waals surface area (Å²) in [4.78, 5) is 35.8. The number of phenolic OH excluding ortho intramolecular Hbond substituents is 1. The van der Waals surface area contributed by atoms with Crippen molar-refractivity contribution in [2.24, 2.45) is 0 Å². The zero-order chi connectivity index (χ0) is 17.3. The van der Waals surface area contributed by atoms with Crippen molar-refractivity contribution < 1.29 is 52.3 Å². The first-order chi connectivity index (χ1) is 10.2. The average molecular weight is 371 g/mol. The van der Waals surface area contributed by atoms with Crippen molar-refractivity contribution in [3.63, 3.8) is 0 Å². The van der Waals surface area contributed by atoms with Crippen LogP contribution in [-0.4, -0.2) is 38.9 Å². The van der Waals surface area contributed by atoms with Gasteiger partial charge in [-0.15, -0.1) is 0 Å². The highest BCUT2D eigenvalue weighted by molar-refractivity contribution is 7.58. The molecule has 0 amide bonds. The second-order valence-electron chi connectivity index (χ2n) is 4.15. The fraction of sp³-hybridized carbons (Fsp3) is 0.364. The minimum atomic E-state index is -3.88. The number of nitrogens with zero attached hydrogens (tertiary/aromatic N) is 1. The van der Waals surface area contributed by atoms with Gasteiger partial charge in [-0.25, -0.2) is 0 Å². The molecular formula is C11H16ClN2O8P. The third-order valence-corrected chi connectivity index (χ3v) is 4.62. The molecule has 10 nitrogen and oxygen atoms in total. The number of phenols is 1. The highest BCUT2D eigenvalue weighted by atomic mass is 35.5. The number of nitro benzene ring substituents is 1. The van der Waals surface area contributed by atoms with Gasteiger partial charge in [-0.05, 0) is 11.6 Å². The second kappa shape index (κ2) is 10.8. The molecule has 0 aliphatic carbocycles. The van der Waals surface area contributed by atoms with Crippen LogP contribution in [0, 0.1) is 10.1 Å². The minimum absolute atomic E-state index is 0. The number of rotatable bonds is 6. The van der Waals surface area contributed by atoms with E-state index in [1.165, 1.54) is 6.07 Å². The van der Waals surface area contributed by atoms with E-state index in [0.717, 1.165) is 12.1 Å². The van der Waals surface area contributed by atoms with Gasteiger partial charge in [0.15, 0.2) is 11.6 Å². The summed E-state index contributed by atoms with van der Waals surface area (Å²) in [6.07, 6.45) is 0.497. The zero-order valence-corrected chi connectivity index (χ0v) is 13.4. The van der Waals surface area contributed by atoms with E-state index in [-0.39, 0.29) is 30.3 Å². The average Bonchev–Trinajstić information content (AvgIpc) is 2.45. The molecule has 0 fully saturated rings. The van der Waals surface area contributed by atoms with Crippen LogP contribution in [0.15, 0.2) is 18.2 Å². The van der Waals surface area contributed by atoms with E-state index in [2.05, 4.69) is 5.73 Å². The van der Waals surface area contributed by atoms with Crippen molar-refractivity contribution in [1.82, 2.24) is 0 Å². The van der Waals surface area contributed by atoms with Crippen molar-refractivity contribution in [3.8, 4) is 5.75 Å². The number of halogens is 1. The van der Waals surface area contributed by atoms with Crippen molar-refractivity contribution in [3.05, 3.63) is 33.9 Å². The molecule has 2 atom stereocenters. The minimum Gasteiger partial charge on any atom is -1.00 e. The molecule has 1 rings (SSSR count). The van der Waals surface area contributed by atoms with Crippen LogP contribution in [0.3, 0.4) is 0 Å². The third-order valence-electron chi connectivity index (χ3n) is 2.60. The first kappa shape index (κ1) is 23.5. The summed E-state index contributed by atoms with van der Waals surface area (Å²) >= 11 is 0. The largest absolute Gasteiger partial charge is 1.00 e. The first-order valence-corrected chi connectivity index (χ1v) is 7.88. The van der Waals surface area contributed by atoms with Gasteiger partial charge < -0.3 is 33.2 Å². The molecule has 1 aromatic carbocycles. The molecule has 0 saturated heterocycles. The van der Waals surface area contributed by atoms with E-state index in [1.807, 2.05) is 0 Å². The van der Waals surface area contributed by atoms with Crippen molar-refractivity contribution >= 4 is 19.2 Å². The quantitative estimate of drug-likeness (QED) is 0.227. The molecule has 0 aliphatic rings. The van der Waals surface area contributed by atoms with E-state index in [4.69, 9.17) is 9.59 Å². The Kier molecular flexibility index (Phi) is 11.1. The SMILES string of the molecule is O=C=O.[Cl-].[NH3+]CCCP(=O)(O)C(O)c1ccc(O)c([N+](=O)[O-])c1. The van der Waals surface area contributed by atoms with Gasteiger partial charge in [0.05, 0.1) is 11.5 Å². The highest BCUT2D eigenvalue weighted by Crippen LogP contribution is 2.54. The fourth-order valence-corrected chi connectivity index (χ4v) is 3.09. The van der Waals surface area contributed by atoms with Gasteiger partial charge in [0, 0.05) is 18.6 Å². The lowest BCUT2D eigenvalue weighted by atomic mass is 10.2. The monoisotopic (exact) mass is 370 g/mol. The summed E-state index contributed by atoms with van der Waals surface area (Å²) in [6, 6.07) is 3.09. The Labute approximate surface area is 136 Å². The summed E-state index contributed by atoms with van der Waals surface area (Å²) in [7, 11) is -3.88. The Bertz CT molecular complexity index is 606. The first-order valence-electron chi connectivity index (χ1n) is 5.96. The number of hydrogen-bond donors (Lipinski definition) is 4. The van der Waals surface area contributed by atoms with E-state index in [9.17, 15) is 29.8 Å². The summed E-state index contributed by atoms with van der Waals surface area (Å²) < 4.78 is 11.9. The molecule has 0 heterocycles. The lowest BCUT2D eigenvalue weighted by Crippen LogP contribution is -3.00. The molecule has 23 heavy (non-hydrogen) atoms. The van der Waals surface area contributed by atoms with Gasteiger partial charge in [-0.2, -0.15) is 9.59 Å². The molecule has 6 N–H and O–H groups in total. The number of aromatic hydroxyl groups is 1. The Morgan fingerprint density at radius 2 is 1.91 bits per heavy atom. The van der Waals surface area contributed by atoms with Gasteiger partial charge in [0.1, 0.15) is 0 Å². The van der Waals surface area contributed by atoms with Crippen LogP contribution in [0.5, 0.6) is 5.75 Å². The zero-order valence-electron chi connectivity index (χ0n) is 11.8. The van der Waals surface area contributed by atoms with Gasteiger partial charge >= 0.3 is 11.8 Å². The number of aliphatic hydroxyl groups is 1. The molecule has 130 valence electrons. The normalized spacial score (nSPS) is 13.3. The van der Waals surface area contributed by atoms with E-state index >= 15 is 0 Å². The molecule has 0 aromatic heterocycles. The number of nitro groups is 1. The Morgan fingerprint density at radius 1 is 1.39 bits per heavy atom. The Morgan fingerprint density at radius 3 is 2.35 bits per heavy atom. The predicted octanol–water partition coefficient (Wildman–Crippen LogP) is -3.39. The standard InChI is InChI=1S/C10H15N2O6P.CO2.ClH/c11-4-1-5-19(17,18)10(14)7-2-3-9(13)8(6-7)12(15)16;2-1-3;/h2-3,6,10,13-14H,1,4-5,11H2,(H,17,18);;1H. The van der Waals surface area contributed by atoms with Crippen LogP contribution in [0.25, 0.3) is 0 Å². The Hall–Kier alpha value is -1.80. The van der Waals surface area contributed by atoms with Crippen LogP contribution in [0.2, 0.25) is 0 Å². The van der Waals surface area contributed by atoms with Crippen LogP contribution in [0.4, 0.5) is 5.69 Å². The molecule has 0 radical (unpaired) electrons. The maximum Gasteiger partial charge on any atom is 0.373 e. The molecule has 12 heteroatoms. The molecular weight excluding hydrogens is 355 g/mol. The predicted molar refractivity (Wildman–Crippen MR) is 71.8 cm³/mol. The van der Waals surface area contributed by atoms with Gasteiger partial charge in [-0.1, -0.05) is 6.07 Å². The summed E-state index contributed by atoms with van der Waals surface area (Å²) in [6.45, 7) is 0.451. The molecule has 0 aliphatic heterocycles. The summed E-state index contributed by atoms with van der Waals surface area (Å²) in [5.74, 6) is -2.27. The van der Waals surface area contributed by atoms with Crippen molar-refractivity contribution in [2.45, 2.75) is 12.3 Å². The maximum absolute atomic E-state index is 11.9. The molecule has 0 bridgehead atoms. The third kappa shape index (κ3) is 7.34. The number of aliphatic hydroxyl groups excluding tert-OH is 1. The smallest absolute Gasteiger partial charge is 0.373 e. The molecule has 1 aromatic rings. The number of hydrogen-bond acceptors (Lipinski definition) is 7. The summed E-state index contributed by atoms with van der Waals surface area (Å²) in [5.41, 5.74) is 2.85. The van der Waals surface area contributed by atoms with E-state index in [0.29, 0.717) is 13.0 Å². The highest BCUT2D eigenvalue weighted by Gasteiger charge is 2.31. The van der Waals surface area contributed by atoms with Gasteiger partial charge in [0.25, 0.3) is 0 Å².